The molecule has 0 spiro atoms. The molecular weight excluding hydrogens is 268 g/mol. The molecule has 0 atom stereocenters. The Morgan fingerprint density at radius 3 is 2.70 bits per heavy atom. The topological polar surface area (TPSA) is 42.0 Å². The predicted octanol–water partition coefficient (Wildman–Crippen LogP) is 3.81. The van der Waals surface area contributed by atoms with Crippen LogP contribution in [0.5, 0.6) is 0 Å². The normalized spacial score (nSPS) is 10.8. The molecule has 3 nitrogen and oxygen atoms in total. The van der Waals surface area contributed by atoms with Crippen molar-refractivity contribution in [2.24, 2.45) is 5.92 Å². The zero-order valence-corrected chi connectivity index (χ0v) is 13.2. The van der Waals surface area contributed by atoms with Gasteiger partial charge in [-0.1, -0.05) is 26.0 Å². The van der Waals surface area contributed by atoms with Crippen molar-refractivity contribution in [3.05, 3.63) is 40.4 Å². The molecule has 2 aromatic rings. The molecule has 0 aliphatic carbocycles. The molecular formula is C16H20N2OS. The maximum atomic E-state index is 12.1. The van der Waals surface area contributed by atoms with Crippen LogP contribution in [-0.2, 0) is 0 Å². The van der Waals surface area contributed by atoms with Crippen LogP contribution in [0.3, 0.4) is 0 Å². The molecule has 0 radical (unpaired) electrons. The Bertz CT molecular complexity index is 597. The number of hydrogen-bond donors (Lipinski definition) is 1. The number of carbonyl (C=O) groups excluding carboxylic acids is 1. The molecule has 4 heteroatoms. The number of carbonyl (C=O) groups is 1. The van der Waals surface area contributed by atoms with E-state index in [1.54, 1.807) is 11.3 Å². The van der Waals surface area contributed by atoms with Crippen molar-refractivity contribution in [1.29, 1.82) is 0 Å². The van der Waals surface area contributed by atoms with Gasteiger partial charge in [-0.2, -0.15) is 0 Å². The van der Waals surface area contributed by atoms with E-state index in [4.69, 9.17) is 0 Å². The van der Waals surface area contributed by atoms with Gasteiger partial charge in [0, 0.05) is 22.5 Å². The Hall–Kier alpha value is -1.68. The first kappa shape index (κ1) is 14.7. The molecule has 1 N–H and O–H groups in total. The summed E-state index contributed by atoms with van der Waals surface area (Å²) in [6.07, 6.45) is 0. The van der Waals surface area contributed by atoms with Crippen LogP contribution in [0.2, 0.25) is 0 Å². The van der Waals surface area contributed by atoms with Gasteiger partial charge < -0.3 is 5.32 Å². The third kappa shape index (κ3) is 3.45. The second-order valence-electron chi connectivity index (χ2n) is 5.35. The first-order valence-corrected chi connectivity index (χ1v) is 7.61. The average molecular weight is 288 g/mol. The first-order valence-electron chi connectivity index (χ1n) is 6.80. The zero-order valence-electron chi connectivity index (χ0n) is 12.4. The molecule has 1 aromatic carbocycles. The standard InChI is InChI=1S/C16H20N2OS/c1-10(2)9-17-15(19)13-6-5-7-14(8-13)16-18-11(3)12(4)20-16/h5-8,10H,9H2,1-4H3,(H,17,19). The third-order valence-corrected chi connectivity index (χ3v) is 4.19. The monoisotopic (exact) mass is 288 g/mol. The van der Waals surface area contributed by atoms with E-state index in [1.807, 2.05) is 31.2 Å². The molecule has 0 unspecified atom stereocenters. The van der Waals surface area contributed by atoms with E-state index in [2.05, 4.69) is 31.1 Å². The Balaban J connectivity index is 2.21. The van der Waals surface area contributed by atoms with E-state index in [0.29, 0.717) is 18.0 Å². The van der Waals surface area contributed by atoms with Crippen LogP contribution in [0.1, 0.15) is 34.8 Å². The van der Waals surface area contributed by atoms with Crippen molar-refractivity contribution in [3.8, 4) is 10.6 Å². The number of nitrogens with one attached hydrogen (secondary N) is 1. The first-order chi connectivity index (χ1) is 9.47. The summed E-state index contributed by atoms with van der Waals surface area (Å²) in [7, 11) is 0. The van der Waals surface area contributed by atoms with Crippen LogP contribution in [-0.4, -0.2) is 17.4 Å². The largest absolute Gasteiger partial charge is 0.352 e. The fourth-order valence-corrected chi connectivity index (χ4v) is 2.70. The summed E-state index contributed by atoms with van der Waals surface area (Å²) in [6.45, 7) is 8.93. The van der Waals surface area contributed by atoms with Gasteiger partial charge in [0.25, 0.3) is 5.91 Å². The smallest absolute Gasteiger partial charge is 0.251 e. The van der Waals surface area contributed by atoms with Crippen molar-refractivity contribution in [1.82, 2.24) is 10.3 Å². The van der Waals surface area contributed by atoms with Gasteiger partial charge in [0.2, 0.25) is 0 Å². The highest BCUT2D eigenvalue weighted by molar-refractivity contribution is 7.15. The second-order valence-corrected chi connectivity index (χ2v) is 6.55. The van der Waals surface area contributed by atoms with Crippen molar-refractivity contribution >= 4 is 17.2 Å². The molecule has 106 valence electrons. The zero-order chi connectivity index (χ0) is 14.7. The van der Waals surface area contributed by atoms with Crippen LogP contribution in [0.25, 0.3) is 10.6 Å². The van der Waals surface area contributed by atoms with Gasteiger partial charge in [0.1, 0.15) is 5.01 Å². The number of benzene rings is 1. The average Bonchev–Trinajstić information content (AvgIpc) is 2.76. The predicted molar refractivity (Wildman–Crippen MR) is 84.2 cm³/mol. The molecule has 0 saturated carbocycles. The lowest BCUT2D eigenvalue weighted by Gasteiger charge is -2.08. The van der Waals surface area contributed by atoms with Crippen LogP contribution in [0, 0.1) is 19.8 Å². The molecule has 1 amide bonds. The van der Waals surface area contributed by atoms with E-state index in [0.717, 1.165) is 16.3 Å². The number of hydrogen-bond acceptors (Lipinski definition) is 3. The summed E-state index contributed by atoms with van der Waals surface area (Å²) in [4.78, 5) is 17.8. The quantitative estimate of drug-likeness (QED) is 0.929. The van der Waals surface area contributed by atoms with Crippen molar-refractivity contribution in [2.45, 2.75) is 27.7 Å². The van der Waals surface area contributed by atoms with E-state index in [-0.39, 0.29) is 5.91 Å². The van der Waals surface area contributed by atoms with Gasteiger partial charge in [0.15, 0.2) is 0 Å². The third-order valence-electron chi connectivity index (χ3n) is 3.07. The van der Waals surface area contributed by atoms with Gasteiger partial charge in [-0.25, -0.2) is 4.98 Å². The lowest BCUT2D eigenvalue weighted by Crippen LogP contribution is -2.27. The minimum absolute atomic E-state index is 0.0226. The summed E-state index contributed by atoms with van der Waals surface area (Å²) in [5.41, 5.74) is 2.75. The molecule has 2 rings (SSSR count). The molecule has 1 aromatic heterocycles. The molecule has 0 aliphatic rings. The number of rotatable bonds is 4. The maximum Gasteiger partial charge on any atom is 0.251 e. The van der Waals surface area contributed by atoms with Crippen molar-refractivity contribution in [2.75, 3.05) is 6.54 Å². The molecule has 0 fully saturated rings. The molecule has 0 bridgehead atoms. The van der Waals surface area contributed by atoms with E-state index < -0.39 is 0 Å². The minimum Gasteiger partial charge on any atom is -0.352 e. The van der Waals surface area contributed by atoms with Gasteiger partial charge in [-0.15, -0.1) is 11.3 Å². The Labute approximate surface area is 124 Å². The minimum atomic E-state index is -0.0226. The second kappa shape index (κ2) is 6.18. The van der Waals surface area contributed by atoms with E-state index >= 15 is 0 Å². The molecule has 0 aliphatic heterocycles. The van der Waals surface area contributed by atoms with Crippen LogP contribution in [0.4, 0.5) is 0 Å². The van der Waals surface area contributed by atoms with Gasteiger partial charge in [-0.05, 0) is 31.9 Å². The molecule has 0 saturated heterocycles. The number of nitrogens with zero attached hydrogens (tertiary/aromatic N) is 1. The van der Waals surface area contributed by atoms with E-state index in [9.17, 15) is 4.79 Å². The van der Waals surface area contributed by atoms with Gasteiger partial charge >= 0.3 is 0 Å². The van der Waals surface area contributed by atoms with Crippen molar-refractivity contribution < 1.29 is 4.79 Å². The summed E-state index contributed by atoms with van der Waals surface area (Å²) in [5.74, 6) is 0.428. The van der Waals surface area contributed by atoms with Crippen LogP contribution < -0.4 is 5.32 Å². The Morgan fingerprint density at radius 1 is 1.35 bits per heavy atom. The van der Waals surface area contributed by atoms with Crippen molar-refractivity contribution in [3.63, 3.8) is 0 Å². The Kier molecular flexibility index (Phi) is 4.55. The fraction of sp³-hybridized carbons (Fsp3) is 0.375. The highest BCUT2D eigenvalue weighted by Gasteiger charge is 2.10. The van der Waals surface area contributed by atoms with Crippen LogP contribution >= 0.6 is 11.3 Å². The van der Waals surface area contributed by atoms with E-state index in [1.165, 1.54) is 4.88 Å². The summed E-state index contributed by atoms with van der Waals surface area (Å²) in [5, 5.41) is 3.91. The van der Waals surface area contributed by atoms with Gasteiger partial charge in [0.05, 0.1) is 5.69 Å². The Morgan fingerprint density at radius 2 is 2.10 bits per heavy atom. The lowest BCUT2D eigenvalue weighted by molar-refractivity contribution is 0.0949. The number of aryl methyl sites for hydroxylation is 2. The van der Waals surface area contributed by atoms with Crippen LogP contribution in [0.15, 0.2) is 24.3 Å². The summed E-state index contributed by atoms with van der Waals surface area (Å²) >= 11 is 1.66. The molecule has 20 heavy (non-hydrogen) atoms. The highest BCUT2D eigenvalue weighted by atomic mass is 32.1. The molecule has 1 heterocycles. The van der Waals surface area contributed by atoms with Gasteiger partial charge in [-0.3, -0.25) is 4.79 Å². The number of thiazole rings is 1. The number of aromatic nitrogens is 1. The summed E-state index contributed by atoms with van der Waals surface area (Å²) in [6, 6.07) is 7.66. The highest BCUT2D eigenvalue weighted by Crippen LogP contribution is 2.27. The SMILES string of the molecule is Cc1nc(-c2cccc(C(=O)NCC(C)C)c2)sc1C. The fourth-order valence-electron chi connectivity index (χ4n) is 1.79. The number of amides is 1. The summed E-state index contributed by atoms with van der Waals surface area (Å²) < 4.78 is 0. The lowest BCUT2D eigenvalue weighted by atomic mass is 10.1. The maximum absolute atomic E-state index is 12.1.